The minimum absolute atomic E-state index is 0.0833. The van der Waals surface area contributed by atoms with Crippen molar-refractivity contribution >= 4 is 6.16 Å². The molecule has 3 rings (SSSR count). The van der Waals surface area contributed by atoms with Crippen molar-refractivity contribution < 1.29 is 14.6 Å². The fraction of sp³-hybridized carbons (Fsp3) is 0.900. The highest BCUT2D eigenvalue weighted by Gasteiger charge is 2.43. The van der Waals surface area contributed by atoms with Gasteiger partial charge in [0.15, 0.2) is 0 Å². The summed E-state index contributed by atoms with van der Waals surface area (Å²) in [6.45, 7) is 4.33. The molecule has 0 aromatic carbocycles. The molecular weight excluding hydrogens is 182 g/mol. The Balaban J connectivity index is 2.08. The lowest BCUT2D eigenvalue weighted by molar-refractivity contribution is -0.0896. The Hall–Kier alpha value is -0.770. The summed E-state index contributed by atoms with van der Waals surface area (Å²) < 4.78 is 5.00. The van der Waals surface area contributed by atoms with E-state index in [9.17, 15) is 4.79 Å². The number of carboxylic acid groups (broad SMARTS) is 1. The van der Waals surface area contributed by atoms with Gasteiger partial charge in [0.2, 0.25) is 0 Å². The van der Waals surface area contributed by atoms with Crippen LogP contribution in [0.4, 0.5) is 4.79 Å². The summed E-state index contributed by atoms with van der Waals surface area (Å²) in [6.07, 6.45) is 1.96. The number of rotatable bonds is 2. The average Bonchev–Trinajstić information content (AvgIpc) is 2.18. The van der Waals surface area contributed by atoms with Gasteiger partial charge < -0.3 is 9.84 Å². The van der Waals surface area contributed by atoms with Crippen LogP contribution in [0.15, 0.2) is 0 Å². The van der Waals surface area contributed by atoms with Crippen LogP contribution in [-0.2, 0) is 4.74 Å². The largest absolute Gasteiger partial charge is 0.506 e. The summed E-state index contributed by atoms with van der Waals surface area (Å²) in [4.78, 5) is 12.9. The highest BCUT2D eigenvalue weighted by atomic mass is 16.7. The van der Waals surface area contributed by atoms with Crippen molar-refractivity contribution in [3.05, 3.63) is 0 Å². The summed E-state index contributed by atoms with van der Waals surface area (Å²) in [5, 5.41) is 8.67. The van der Waals surface area contributed by atoms with Crippen LogP contribution in [0.1, 0.15) is 26.2 Å². The van der Waals surface area contributed by atoms with Crippen molar-refractivity contribution in [2.24, 2.45) is 5.92 Å². The molecule has 3 heterocycles. The van der Waals surface area contributed by atoms with Crippen molar-refractivity contribution in [2.45, 2.75) is 38.3 Å². The minimum atomic E-state index is -1.12. The van der Waals surface area contributed by atoms with Crippen molar-refractivity contribution in [2.75, 3.05) is 13.1 Å². The monoisotopic (exact) mass is 199 g/mol. The molecule has 2 atom stereocenters. The van der Waals surface area contributed by atoms with Crippen LogP contribution in [0.2, 0.25) is 0 Å². The fourth-order valence-corrected chi connectivity index (χ4v) is 2.88. The maximum absolute atomic E-state index is 10.6. The van der Waals surface area contributed by atoms with Crippen LogP contribution in [0, 0.1) is 5.92 Å². The number of fused-ring (bicyclic) bond motifs is 3. The molecule has 1 N–H and O–H groups in total. The van der Waals surface area contributed by atoms with Crippen LogP contribution >= 0.6 is 0 Å². The average molecular weight is 199 g/mol. The smallest absolute Gasteiger partial charge is 0.450 e. The van der Waals surface area contributed by atoms with E-state index in [0.717, 1.165) is 32.4 Å². The molecule has 0 spiro atoms. The summed E-state index contributed by atoms with van der Waals surface area (Å²) in [5.74, 6) is 0.459. The quantitative estimate of drug-likeness (QED) is 0.685. The first-order valence-corrected chi connectivity index (χ1v) is 5.36. The van der Waals surface area contributed by atoms with Gasteiger partial charge in [0.1, 0.15) is 6.10 Å². The Morgan fingerprint density at radius 3 is 2.64 bits per heavy atom. The molecule has 0 aromatic heterocycles. The van der Waals surface area contributed by atoms with Crippen molar-refractivity contribution in [1.29, 1.82) is 0 Å². The molecule has 14 heavy (non-hydrogen) atoms. The van der Waals surface area contributed by atoms with Gasteiger partial charge in [-0.05, 0) is 32.4 Å². The van der Waals surface area contributed by atoms with Gasteiger partial charge >= 0.3 is 6.16 Å². The standard InChI is InChI=1S/C10H17NO3/c1-2-8-9(14-10(12)13)7-3-5-11(8)6-4-7/h7-9H,2-6H2,1H3,(H,12,13). The Morgan fingerprint density at radius 1 is 1.50 bits per heavy atom. The zero-order chi connectivity index (χ0) is 10.1. The second kappa shape index (κ2) is 3.77. The molecule has 2 unspecified atom stereocenters. The van der Waals surface area contributed by atoms with Crippen LogP contribution < -0.4 is 0 Å². The van der Waals surface area contributed by atoms with E-state index in [2.05, 4.69) is 11.8 Å². The van der Waals surface area contributed by atoms with Crippen LogP contribution in [-0.4, -0.2) is 41.4 Å². The van der Waals surface area contributed by atoms with Crippen molar-refractivity contribution in [1.82, 2.24) is 4.90 Å². The number of piperidine rings is 3. The fourth-order valence-electron chi connectivity index (χ4n) is 2.88. The van der Waals surface area contributed by atoms with Crippen LogP contribution in [0.5, 0.6) is 0 Å². The highest BCUT2D eigenvalue weighted by molar-refractivity contribution is 5.57. The van der Waals surface area contributed by atoms with Gasteiger partial charge in [-0.25, -0.2) is 4.79 Å². The lowest BCUT2D eigenvalue weighted by Gasteiger charge is -2.49. The van der Waals surface area contributed by atoms with Gasteiger partial charge in [-0.1, -0.05) is 6.92 Å². The molecule has 3 aliphatic heterocycles. The normalized spacial score (nSPS) is 40.9. The number of carbonyl (C=O) groups is 1. The Morgan fingerprint density at radius 2 is 2.14 bits per heavy atom. The molecule has 0 radical (unpaired) electrons. The third-order valence-electron chi connectivity index (χ3n) is 3.54. The molecule has 0 aromatic rings. The first-order chi connectivity index (χ1) is 6.72. The lowest BCUT2D eigenvalue weighted by atomic mass is 9.79. The molecule has 4 nitrogen and oxygen atoms in total. The third-order valence-corrected chi connectivity index (χ3v) is 3.54. The van der Waals surface area contributed by atoms with Gasteiger partial charge in [0.25, 0.3) is 0 Å². The Labute approximate surface area is 83.8 Å². The molecule has 3 fully saturated rings. The van der Waals surface area contributed by atoms with E-state index < -0.39 is 6.16 Å². The van der Waals surface area contributed by atoms with Gasteiger partial charge in [0, 0.05) is 12.0 Å². The summed E-state index contributed by atoms with van der Waals surface area (Å²) >= 11 is 0. The molecule has 0 amide bonds. The van der Waals surface area contributed by atoms with Crippen LogP contribution in [0.3, 0.4) is 0 Å². The minimum Gasteiger partial charge on any atom is -0.450 e. The number of hydrogen-bond acceptors (Lipinski definition) is 3. The van der Waals surface area contributed by atoms with E-state index >= 15 is 0 Å². The molecule has 3 aliphatic rings. The second-order valence-corrected chi connectivity index (χ2v) is 4.20. The van der Waals surface area contributed by atoms with E-state index in [4.69, 9.17) is 9.84 Å². The van der Waals surface area contributed by atoms with Gasteiger partial charge in [-0.2, -0.15) is 0 Å². The van der Waals surface area contributed by atoms with E-state index in [0.29, 0.717) is 12.0 Å². The first kappa shape index (κ1) is 9.77. The summed E-state index contributed by atoms with van der Waals surface area (Å²) in [6, 6.07) is 0.318. The van der Waals surface area contributed by atoms with E-state index in [1.807, 2.05) is 0 Å². The molecule has 2 bridgehead atoms. The van der Waals surface area contributed by atoms with Gasteiger partial charge in [-0.15, -0.1) is 0 Å². The van der Waals surface area contributed by atoms with E-state index in [1.54, 1.807) is 0 Å². The number of ether oxygens (including phenoxy) is 1. The zero-order valence-electron chi connectivity index (χ0n) is 8.48. The number of nitrogens with zero attached hydrogens (tertiary/aromatic N) is 1. The zero-order valence-corrected chi connectivity index (χ0v) is 8.48. The molecule has 80 valence electrons. The molecule has 0 aliphatic carbocycles. The second-order valence-electron chi connectivity index (χ2n) is 4.20. The number of hydrogen-bond donors (Lipinski definition) is 1. The molecule has 0 saturated carbocycles. The van der Waals surface area contributed by atoms with Gasteiger partial charge in [0.05, 0.1) is 0 Å². The van der Waals surface area contributed by atoms with Crippen molar-refractivity contribution in [3.8, 4) is 0 Å². The predicted molar refractivity (Wildman–Crippen MR) is 51.3 cm³/mol. The maximum atomic E-state index is 10.6. The topological polar surface area (TPSA) is 49.8 Å². The molecular formula is C10H17NO3. The molecule has 4 heteroatoms. The van der Waals surface area contributed by atoms with Crippen molar-refractivity contribution in [3.63, 3.8) is 0 Å². The van der Waals surface area contributed by atoms with Crippen LogP contribution in [0.25, 0.3) is 0 Å². The molecule has 3 saturated heterocycles. The maximum Gasteiger partial charge on any atom is 0.506 e. The van der Waals surface area contributed by atoms with E-state index in [1.165, 1.54) is 0 Å². The highest BCUT2D eigenvalue weighted by Crippen LogP contribution is 2.35. The SMILES string of the molecule is CCC1C(OC(=O)O)C2CCN1CC2. The third kappa shape index (κ3) is 1.59. The summed E-state index contributed by atoms with van der Waals surface area (Å²) in [7, 11) is 0. The van der Waals surface area contributed by atoms with E-state index in [-0.39, 0.29) is 6.10 Å². The summed E-state index contributed by atoms with van der Waals surface area (Å²) in [5.41, 5.74) is 0. The Kier molecular flexibility index (Phi) is 2.63. The Bertz CT molecular complexity index is 223. The van der Waals surface area contributed by atoms with Gasteiger partial charge in [-0.3, -0.25) is 4.90 Å². The lowest BCUT2D eigenvalue weighted by Crippen LogP contribution is -2.58. The first-order valence-electron chi connectivity index (χ1n) is 5.36. The predicted octanol–water partition coefficient (Wildman–Crippen LogP) is 1.55.